The number of carbonyl (C=O) groups excluding carboxylic acids is 6. The molecule has 26 nitrogen and oxygen atoms in total. The van der Waals surface area contributed by atoms with E-state index in [4.69, 9.17) is 33.2 Å². The van der Waals surface area contributed by atoms with Gasteiger partial charge in [0.15, 0.2) is 18.3 Å². The number of amides is 6. The van der Waals surface area contributed by atoms with E-state index in [1.165, 1.54) is 18.9 Å². The summed E-state index contributed by atoms with van der Waals surface area (Å²) in [5.41, 5.74) is -7.47. The fourth-order valence-corrected chi connectivity index (χ4v) is 10.4. The summed E-state index contributed by atoms with van der Waals surface area (Å²) in [4.78, 5) is 82.8. The van der Waals surface area contributed by atoms with Crippen molar-refractivity contribution in [2.45, 2.75) is 243 Å². The molecule has 5 aliphatic rings. The molecule has 6 amide bonds. The molecule has 0 bridgehead atoms. The van der Waals surface area contributed by atoms with Crippen LogP contribution in [0.4, 0.5) is 24.0 Å². The predicted octanol–water partition coefficient (Wildman–Crippen LogP) is 2.15. The second kappa shape index (κ2) is 24.9. The smallest absolute Gasteiger partial charge is 0.410 e. The summed E-state index contributed by atoms with van der Waals surface area (Å²) in [6.45, 7) is 26.3. The maximum atomic E-state index is 14.3. The van der Waals surface area contributed by atoms with Gasteiger partial charge in [0.25, 0.3) is 6.29 Å². The highest BCUT2D eigenvalue weighted by Gasteiger charge is 2.59. The number of nitrogens with one attached hydrogen (secondary N) is 5. The van der Waals surface area contributed by atoms with Gasteiger partial charge in [0, 0.05) is 50.6 Å². The Hall–Kier alpha value is -4.96. The van der Waals surface area contributed by atoms with Gasteiger partial charge < -0.3 is 99.8 Å². The molecule has 458 valence electrons. The lowest BCUT2D eigenvalue weighted by molar-refractivity contribution is -0.364. The Labute approximate surface area is 469 Å². The van der Waals surface area contributed by atoms with E-state index in [-0.39, 0.29) is 57.9 Å². The third kappa shape index (κ3) is 18.8. The molecular formula is C54H94N7O19+. The first-order valence-electron chi connectivity index (χ1n) is 27.5. The standard InChI is InChI=1S/C54H93N7O19/c1-48(2,3)76-43(66)56-29-21-54(72,22-29)26-55-23-30-18-19-31(58-44(67)77-49(4,5)6)38(74-30)34-32(59-45(68)78-50(7,8)9)20-33(57-41(65)35(62)28-24-61(25-28)47(70)80-52(13,14)15)39(36(34)63)75-42-37(64)40(53(16,71)27-73-42)60(17)46(69)79-51(10,11)12/h18,28-29,31-40,42,55,62-64,71-72H,19-27H2,1-17H3,(H,56,66)(H,57,65)(H,58,67)(H,59,68)/p+1/t29?,31-,32+,33-,34-,35?,36+,37-,38?,39+,40-,42-,53+,54?/m1/s1. The number of carbonyl (C=O) groups is 6. The van der Waals surface area contributed by atoms with E-state index in [1.54, 1.807) is 110 Å². The van der Waals surface area contributed by atoms with Gasteiger partial charge in [0.2, 0.25) is 5.91 Å². The van der Waals surface area contributed by atoms with Gasteiger partial charge >= 0.3 is 30.5 Å². The topological polar surface area (TPSA) is 348 Å². The summed E-state index contributed by atoms with van der Waals surface area (Å²) in [7, 11) is 1.33. The highest BCUT2D eigenvalue weighted by Crippen LogP contribution is 2.39. The van der Waals surface area contributed by atoms with E-state index in [0.717, 1.165) is 4.90 Å². The number of ether oxygens (including phenoxy) is 8. The van der Waals surface area contributed by atoms with Crippen LogP contribution in [0.25, 0.3) is 0 Å². The molecule has 2 saturated carbocycles. The molecule has 0 aromatic heterocycles. The fourth-order valence-electron chi connectivity index (χ4n) is 10.4. The minimum absolute atomic E-state index is 0.0256. The summed E-state index contributed by atoms with van der Waals surface area (Å²) in [5, 5.41) is 74.2. The van der Waals surface area contributed by atoms with Crippen LogP contribution in [0.5, 0.6) is 0 Å². The van der Waals surface area contributed by atoms with E-state index in [1.807, 2.05) is 0 Å². The van der Waals surface area contributed by atoms with Gasteiger partial charge in [-0.2, -0.15) is 0 Å². The Morgan fingerprint density at radius 3 is 1.77 bits per heavy atom. The van der Waals surface area contributed by atoms with Crippen molar-refractivity contribution in [3.05, 3.63) is 11.8 Å². The van der Waals surface area contributed by atoms with E-state index >= 15 is 0 Å². The lowest BCUT2D eigenvalue weighted by Crippen LogP contribution is -2.72. The Bertz CT molecular complexity index is 2220. The van der Waals surface area contributed by atoms with Crippen molar-refractivity contribution < 1.29 is 92.2 Å². The van der Waals surface area contributed by atoms with Crippen LogP contribution in [0.2, 0.25) is 0 Å². The molecule has 2 unspecified atom stereocenters. The Balaban J connectivity index is 1.51. The zero-order valence-corrected chi connectivity index (χ0v) is 49.8. The van der Waals surface area contributed by atoms with Gasteiger partial charge in [-0.15, -0.1) is 0 Å². The third-order valence-corrected chi connectivity index (χ3v) is 13.7. The largest absolute Gasteiger partial charge is 0.491 e. The molecule has 3 heterocycles. The number of likely N-dealkylation sites (tertiary alicyclic amines) is 1. The Kier molecular flexibility index (Phi) is 20.5. The quantitative estimate of drug-likeness (QED) is 0.0880. The average Bonchev–Trinajstić information content (AvgIpc) is 3.21. The van der Waals surface area contributed by atoms with Crippen molar-refractivity contribution in [1.82, 2.24) is 36.4 Å². The summed E-state index contributed by atoms with van der Waals surface area (Å²) < 4.78 is 45.6. The van der Waals surface area contributed by atoms with Crippen LogP contribution in [0, 0.1) is 11.8 Å². The van der Waals surface area contributed by atoms with Crippen molar-refractivity contribution in [1.29, 1.82) is 0 Å². The van der Waals surface area contributed by atoms with E-state index in [2.05, 4.69) is 31.3 Å². The van der Waals surface area contributed by atoms with E-state index < -0.39 is 155 Å². The van der Waals surface area contributed by atoms with Crippen LogP contribution in [0.15, 0.2) is 11.8 Å². The molecule has 0 aromatic rings. The third-order valence-electron chi connectivity index (χ3n) is 13.7. The number of aliphatic hydroxyl groups is 7. The summed E-state index contributed by atoms with van der Waals surface area (Å²) in [6.07, 6.45) is -11.7. The predicted molar refractivity (Wildman–Crippen MR) is 288 cm³/mol. The fraction of sp³-hybridized carbons (Fsp3) is 0.852. The van der Waals surface area contributed by atoms with Crippen molar-refractivity contribution >= 4 is 36.4 Å². The summed E-state index contributed by atoms with van der Waals surface area (Å²) in [6, 6.07) is -5.25. The van der Waals surface area contributed by atoms with Gasteiger partial charge in [-0.1, -0.05) is 0 Å². The van der Waals surface area contributed by atoms with Gasteiger partial charge in [0.1, 0.15) is 58.1 Å². The molecule has 26 heteroatoms. The number of rotatable bonds is 14. The maximum Gasteiger partial charge on any atom is 0.410 e. The van der Waals surface area contributed by atoms with Gasteiger partial charge in [-0.3, -0.25) is 4.79 Å². The van der Waals surface area contributed by atoms with Crippen molar-refractivity contribution in [3.63, 3.8) is 0 Å². The first kappa shape index (κ1) is 65.8. The van der Waals surface area contributed by atoms with Crippen molar-refractivity contribution in [2.75, 3.05) is 39.8 Å². The number of likely N-dealkylation sites (N-methyl/N-ethyl adjacent to an activating group) is 1. The first-order valence-corrected chi connectivity index (χ1v) is 27.5. The number of hydrogen-bond donors (Lipinski definition) is 10. The molecule has 2 saturated heterocycles. The SMILES string of the molecule is CN(C(=O)OC(C)(C)C)[C@@H]1[C@@H](O)[C@@H](O[C@@H]2[C@@H](O)[C@H](C3OC(CNCC4(O)CC(NC(=O)OC(C)(C)C)C4)=CC[C@H]3NC(=O)OC(C)(C)C)[C@@H](NC(=O)OC(C)(C)C)C[C@H]2NC(=O)C(O)C2CN(C(=O)OC(C)(C)C)C2)[OH+]C[C@]1(C)O. The number of alkyl carbamates (subject to hydrolysis) is 3. The molecule has 0 aromatic carbocycles. The molecule has 4 fully saturated rings. The van der Waals surface area contributed by atoms with Crippen molar-refractivity contribution in [2.24, 2.45) is 11.8 Å². The maximum absolute atomic E-state index is 14.3. The molecule has 2 aliphatic carbocycles. The highest BCUT2D eigenvalue weighted by molar-refractivity contribution is 5.82. The van der Waals surface area contributed by atoms with Gasteiger partial charge in [-0.05, 0) is 143 Å². The zero-order valence-electron chi connectivity index (χ0n) is 49.8. The second-order valence-electron chi connectivity index (χ2n) is 27.3. The van der Waals surface area contributed by atoms with Crippen LogP contribution < -0.4 is 26.6 Å². The van der Waals surface area contributed by atoms with E-state index in [0.29, 0.717) is 5.76 Å². The minimum atomic E-state index is -1.84. The molecule has 80 heavy (non-hydrogen) atoms. The molecule has 3 aliphatic heterocycles. The second-order valence-corrected chi connectivity index (χ2v) is 27.3. The Morgan fingerprint density at radius 1 is 0.738 bits per heavy atom. The molecule has 11 N–H and O–H groups in total. The summed E-state index contributed by atoms with van der Waals surface area (Å²) in [5.74, 6) is -2.64. The van der Waals surface area contributed by atoms with Crippen LogP contribution in [0.1, 0.15) is 136 Å². The average molecular weight is 1150 g/mol. The monoisotopic (exact) mass is 1140 g/mol. The lowest BCUT2D eigenvalue weighted by Gasteiger charge is -2.51. The van der Waals surface area contributed by atoms with E-state index in [9.17, 15) is 54.3 Å². The van der Waals surface area contributed by atoms with Crippen LogP contribution in [-0.2, 0) is 38.0 Å². The molecule has 0 spiro atoms. The van der Waals surface area contributed by atoms with Gasteiger partial charge in [0.05, 0.1) is 30.3 Å². The lowest BCUT2D eigenvalue weighted by atomic mass is 9.72. The number of hydrogen-bond acceptors (Lipinski definition) is 19. The van der Waals surface area contributed by atoms with Crippen molar-refractivity contribution in [3.8, 4) is 0 Å². The normalized spacial score (nSPS) is 31.8. The van der Waals surface area contributed by atoms with Gasteiger partial charge in [-0.25, -0.2) is 24.0 Å². The molecule has 0 radical (unpaired) electrons. The first-order chi connectivity index (χ1) is 36.4. The summed E-state index contributed by atoms with van der Waals surface area (Å²) >= 11 is 0. The molecular weight excluding hydrogens is 1050 g/mol. The number of aliphatic hydroxyl groups excluding tert-OH is 3. The number of nitrogens with zero attached hydrogens (tertiary/aromatic N) is 2. The zero-order chi connectivity index (χ0) is 60.5. The van der Waals surface area contributed by atoms with Crippen LogP contribution in [-0.4, -0.2) is 223 Å². The van der Waals surface area contributed by atoms with Crippen LogP contribution in [0.3, 0.4) is 0 Å². The minimum Gasteiger partial charge on any atom is -0.491 e. The van der Waals surface area contributed by atoms with Crippen LogP contribution >= 0.6 is 0 Å². The molecule has 12 atom stereocenters. The molecule has 5 rings (SSSR count). The Morgan fingerprint density at radius 2 is 1.25 bits per heavy atom. The highest BCUT2D eigenvalue weighted by atomic mass is 16.7.